The first kappa shape index (κ1) is 11.5. The average molecular weight is 255 g/mol. The fourth-order valence-electron chi connectivity index (χ4n) is 1.33. The zero-order valence-corrected chi connectivity index (χ0v) is 11.3. The van der Waals surface area contributed by atoms with Crippen LogP contribution in [0.4, 0.5) is 4.79 Å². The number of carbonyl (C=O) groups is 1. The van der Waals surface area contributed by atoms with E-state index in [1.165, 1.54) is 0 Å². The van der Waals surface area contributed by atoms with Crippen LogP contribution in [0, 0.1) is 0 Å². The van der Waals surface area contributed by atoms with Crippen molar-refractivity contribution in [3.8, 4) is 0 Å². The first-order valence-corrected chi connectivity index (χ1v) is 8.98. The zero-order chi connectivity index (χ0) is 10.4. The Bertz CT molecular complexity index is 237. The Labute approximate surface area is 90.0 Å². The summed E-state index contributed by atoms with van der Waals surface area (Å²) in [6.45, 7) is 1.84. The number of hydrogen-bond acceptors (Lipinski definition) is 2. The average Bonchev–Trinajstić information content (AvgIpc) is 2.64. The second-order valence-electron chi connectivity index (χ2n) is 3.74. The van der Waals surface area contributed by atoms with E-state index in [0.29, 0.717) is 4.74 Å². The fraction of sp³-hybridized carbons (Fsp3) is 0.500. The minimum atomic E-state index is -1.83. The van der Waals surface area contributed by atoms with Gasteiger partial charge in [-0.2, -0.15) is 0 Å². The van der Waals surface area contributed by atoms with Crippen LogP contribution in [-0.4, -0.2) is 51.2 Å². The van der Waals surface area contributed by atoms with E-state index < -0.39 is 14.3 Å². The summed E-state index contributed by atoms with van der Waals surface area (Å²) in [6.07, 6.45) is 5.01. The van der Waals surface area contributed by atoms with Crippen LogP contribution in [0.15, 0.2) is 22.0 Å². The molecule has 1 N–H and O–H groups in total. The van der Waals surface area contributed by atoms with Crippen molar-refractivity contribution >= 4 is 19.1 Å². The molecular formula is C10H18GeN2O. The maximum absolute atomic E-state index is 11.5. The van der Waals surface area contributed by atoms with E-state index in [-0.39, 0.29) is 0 Å². The molecule has 0 unspecified atom stereocenters. The topological polar surface area (TPSA) is 32.3 Å². The Hall–Kier alpha value is -0.547. The van der Waals surface area contributed by atoms with E-state index >= 15 is 0 Å². The second kappa shape index (κ2) is 6.03. The van der Waals surface area contributed by atoms with Crippen LogP contribution in [0.5, 0.6) is 0 Å². The molecule has 0 saturated carbocycles. The van der Waals surface area contributed by atoms with Crippen molar-refractivity contribution in [2.45, 2.75) is 6.42 Å². The van der Waals surface area contributed by atoms with E-state index in [2.05, 4.69) is 20.0 Å². The van der Waals surface area contributed by atoms with Crippen LogP contribution < -0.4 is 5.32 Å². The summed E-state index contributed by atoms with van der Waals surface area (Å²) in [5.41, 5.74) is 0. The van der Waals surface area contributed by atoms with Gasteiger partial charge in [0.25, 0.3) is 0 Å². The van der Waals surface area contributed by atoms with Crippen LogP contribution in [0.2, 0.25) is 0 Å². The first-order valence-electron chi connectivity index (χ1n) is 4.97. The van der Waals surface area contributed by atoms with E-state index in [0.717, 1.165) is 19.5 Å². The van der Waals surface area contributed by atoms with Gasteiger partial charge in [-0.05, 0) is 0 Å². The summed E-state index contributed by atoms with van der Waals surface area (Å²) in [7, 11) is 4.09. The van der Waals surface area contributed by atoms with Crippen LogP contribution in [0.3, 0.4) is 0 Å². The van der Waals surface area contributed by atoms with Crippen molar-refractivity contribution < 1.29 is 4.79 Å². The Morgan fingerprint density at radius 3 is 2.57 bits per heavy atom. The van der Waals surface area contributed by atoms with Crippen LogP contribution in [0.25, 0.3) is 0 Å². The number of nitrogens with zero attached hydrogens (tertiary/aromatic N) is 1. The van der Waals surface area contributed by atoms with Crippen molar-refractivity contribution in [2.24, 2.45) is 0 Å². The number of hydrogen-bond donors (Lipinski definition) is 1. The van der Waals surface area contributed by atoms with E-state index in [4.69, 9.17) is 0 Å². The molecule has 4 heteroatoms. The SMILES string of the molecule is CN(C)CCCN[C](=O)[GeH]1[CH]=CC=[CH]1. The predicted octanol–water partition coefficient (Wildman–Crippen LogP) is 0.661. The van der Waals surface area contributed by atoms with Gasteiger partial charge in [-0.15, -0.1) is 0 Å². The molecule has 3 nitrogen and oxygen atoms in total. The Morgan fingerprint density at radius 1 is 1.36 bits per heavy atom. The molecule has 78 valence electrons. The number of allylic oxidation sites excluding steroid dienone is 2. The van der Waals surface area contributed by atoms with Crippen molar-refractivity contribution in [3.63, 3.8) is 0 Å². The fourth-order valence-corrected chi connectivity index (χ4v) is 4.67. The molecule has 0 bridgehead atoms. The van der Waals surface area contributed by atoms with Gasteiger partial charge in [0, 0.05) is 0 Å². The Kier molecular flexibility index (Phi) is 4.97. The molecule has 0 aromatic rings. The molecule has 14 heavy (non-hydrogen) atoms. The molecule has 0 fully saturated rings. The third-order valence-electron chi connectivity index (χ3n) is 2.13. The zero-order valence-electron chi connectivity index (χ0n) is 8.86. The van der Waals surface area contributed by atoms with Gasteiger partial charge in [0.15, 0.2) is 0 Å². The van der Waals surface area contributed by atoms with Gasteiger partial charge in [0.1, 0.15) is 0 Å². The molecule has 0 aromatic carbocycles. The number of rotatable bonds is 5. The van der Waals surface area contributed by atoms with Crippen molar-refractivity contribution in [1.82, 2.24) is 10.2 Å². The third kappa shape index (κ3) is 4.11. The Balaban J connectivity index is 2.09. The van der Waals surface area contributed by atoms with E-state index in [1.54, 1.807) is 0 Å². The predicted molar refractivity (Wildman–Crippen MR) is 62.0 cm³/mol. The molecule has 0 aliphatic carbocycles. The third-order valence-corrected chi connectivity index (χ3v) is 6.50. The molecule has 1 heterocycles. The van der Waals surface area contributed by atoms with Gasteiger partial charge in [0.2, 0.25) is 0 Å². The molecule has 1 rings (SSSR count). The van der Waals surface area contributed by atoms with Gasteiger partial charge < -0.3 is 0 Å². The van der Waals surface area contributed by atoms with Crippen molar-refractivity contribution in [1.29, 1.82) is 0 Å². The number of nitrogens with one attached hydrogen (secondary N) is 1. The summed E-state index contributed by atoms with van der Waals surface area (Å²) in [4.78, 5) is 17.9. The standard InChI is InChI=1S/C10H18GeN2O/c1-13(2)9-5-8-12-10(14)11-6-3-4-7-11/h3-4,6-7,11H,5,8-9H2,1-2H3,(H,12,14). The molecule has 0 atom stereocenters. The van der Waals surface area contributed by atoms with Gasteiger partial charge in [0.05, 0.1) is 0 Å². The summed E-state index contributed by atoms with van der Waals surface area (Å²) in [6, 6.07) is 0. The van der Waals surface area contributed by atoms with E-state index in [9.17, 15) is 4.79 Å². The monoisotopic (exact) mass is 256 g/mol. The molecule has 1 aliphatic heterocycles. The number of amides is 1. The van der Waals surface area contributed by atoms with Gasteiger partial charge in [-0.3, -0.25) is 0 Å². The van der Waals surface area contributed by atoms with Crippen LogP contribution in [-0.2, 0) is 0 Å². The van der Waals surface area contributed by atoms with Crippen molar-refractivity contribution in [2.75, 3.05) is 27.2 Å². The quantitative estimate of drug-likeness (QED) is 0.578. The molecule has 0 saturated heterocycles. The molecule has 1 amide bonds. The van der Waals surface area contributed by atoms with Crippen molar-refractivity contribution in [3.05, 3.63) is 22.0 Å². The van der Waals surface area contributed by atoms with Crippen LogP contribution in [0.1, 0.15) is 6.42 Å². The normalized spacial score (nSPS) is 15.4. The molecule has 1 aliphatic rings. The van der Waals surface area contributed by atoms with E-state index in [1.807, 2.05) is 26.2 Å². The van der Waals surface area contributed by atoms with Crippen LogP contribution >= 0.6 is 0 Å². The van der Waals surface area contributed by atoms with Gasteiger partial charge >= 0.3 is 89.7 Å². The summed E-state index contributed by atoms with van der Waals surface area (Å²) < 4.78 is 0.293. The molecular weight excluding hydrogens is 237 g/mol. The Morgan fingerprint density at radius 2 is 2.00 bits per heavy atom. The van der Waals surface area contributed by atoms with Gasteiger partial charge in [-0.25, -0.2) is 0 Å². The molecule has 0 radical (unpaired) electrons. The maximum atomic E-state index is 11.5. The van der Waals surface area contributed by atoms with Gasteiger partial charge in [-0.1, -0.05) is 0 Å². The summed E-state index contributed by atoms with van der Waals surface area (Å²) >= 11 is -1.83. The molecule has 0 aromatic heterocycles. The number of carbonyl (C=O) groups excluding carboxylic acids is 1. The second-order valence-corrected chi connectivity index (χ2v) is 8.66. The minimum absolute atomic E-state index is 0.293. The first-order chi connectivity index (χ1) is 6.70. The summed E-state index contributed by atoms with van der Waals surface area (Å²) in [5.74, 6) is 0. The molecule has 0 spiro atoms. The summed E-state index contributed by atoms with van der Waals surface area (Å²) in [5, 5.41) is 3.00.